The summed E-state index contributed by atoms with van der Waals surface area (Å²) >= 11 is 4.56. The molecule has 1 aliphatic heterocycles. The number of amides is 1. The maximum absolute atomic E-state index is 13.7. The Bertz CT molecular complexity index is 784. The summed E-state index contributed by atoms with van der Waals surface area (Å²) in [6.07, 6.45) is 0. The zero-order valence-electron chi connectivity index (χ0n) is 11.8. The number of fused-ring (bicyclic) bond motifs is 1. The molecule has 3 rings (SSSR count). The van der Waals surface area contributed by atoms with Gasteiger partial charge in [0, 0.05) is 9.37 Å². The van der Waals surface area contributed by atoms with Crippen LogP contribution in [-0.4, -0.2) is 24.2 Å². The van der Waals surface area contributed by atoms with Crippen molar-refractivity contribution in [3.8, 4) is 5.75 Å². The van der Waals surface area contributed by atoms with Crippen molar-refractivity contribution < 1.29 is 18.7 Å². The number of nitrogens with zero attached hydrogens (tertiary/aromatic N) is 1. The summed E-state index contributed by atoms with van der Waals surface area (Å²) in [6, 6.07) is 11.5. The lowest BCUT2D eigenvalue weighted by Gasteiger charge is -2.27. The molecule has 1 aliphatic rings. The largest absolute Gasteiger partial charge is 0.422 e. The van der Waals surface area contributed by atoms with Crippen LogP contribution < -0.4 is 9.64 Å². The van der Waals surface area contributed by atoms with Gasteiger partial charge in [0.2, 0.25) is 5.91 Å². The molecule has 2 aromatic rings. The lowest BCUT2D eigenvalue weighted by molar-refractivity contribution is -0.134. The van der Waals surface area contributed by atoms with Crippen LogP contribution in [0.25, 0.3) is 0 Å². The minimum atomic E-state index is -0.693. The van der Waals surface area contributed by atoms with Crippen LogP contribution in [0.3, 0.4) is 0 Å². The number of ether oxygens (including phenoxy) is 1. The number of para-hydroxylation sites is 1. The molecule has 2 aromatic carbocycles. The fourth-order valence-electron chi connectivity index (χ4n) is 2.17. The Balaban J connectivity index is 1.76. The number of thioether (sulfide) groups is 1. The Morgan fingerprint density at radius 1 is 1.30 bits per heavy atom. The molecule has 0 atom stereocenters. The highest BCUT2D eigenvalue weighted by molar-refractivity contribution is 9.10. The molecule has 0 fully saturated rings. The predicted octanol–water partition coefficient (Wildman–Crippen LogP) is 3.63. The summed E-state index contributed by atoms with van der Waals surface area (Å²) in [5.74, 6) is -1.42. The van der Waals surface area contributed by atoms with E-state index in [0.29, 0.717) is 10.2 Å². The monoisotopic (exact) mass is 395 g/mol. The first-order valence-corrected chi connectivity index (χ1v) is 8.50. The highest BCUT2D eigenvalue weighted by Gasteiger charge is 2.27. The maximum atomic E-state index is 13.7. The van der Waals surface area contributed by atoms with Crippen molar-refractivity contribution in [1.29, 1.82) is 0 Å². The molecular weight excluding hydrogens is 385 g/mol. The van der Waals surface area contributed by atoms with Gasteiger partial charge in [-0.1, -0.05) is 28.1 Å². The Morgan fingerprint density at radius 3 is 2.87 bits per heavy atom. The third-order valence-electron chi connectivity index (χ3n) is 3.21. The lowest BCUT2D eigenvalue weighted by Crippen LogP contribution is -2.40. The number of hydrogen-bond acceptors (Lipinski definition) is 4. The Morgan fingerprint density at radius 2 is 2.09 bits per heavy atom. The van der Waals surface area contributed by atoms with Crippen molar-refractivity contribution in [3.05, 3.63) is 52.8 Å². The standard InChI is InChI=1S/C16H11BrFNO3S/c17-10-5-6-13(11(18)7-10)22-16(21)8-19-12-3-1-2-4-14(12)23-9-15(19)20/h1-7H,8-9H2. The quantitative estimate of drug-likeness (QED) is 0.587. The van der Waals surface area contributed by atoms with E-state index in [9.17, 15) is 14.0 Å². The number of rotatable bonds is 3. The molecule has 0 bridgehead atoms. The van der Waals surface area contributed by atoms with Crippen LogP contribution >= 0.6 is 27.7 Å². The summed E-state index contributed by atoms with van der Waals surface area (Å²) in [5.41, 5.74) is 0.668. The van der Waals surface area contributed by atoms with E-state index in [1.807, 2.05) is 12.1 Å². The topological polar surface area (TPSA) is 46.6 Å². The molecule has 0 spiro atoms. The molecule has 0 aromatic heterocycles. The molecule has 0 unspecified atom stereocenters. The number of benzene rings is 2. The molecule has 7 heteroatoms. The van der Waals surface area contributed by atoms with Crippen LogP contribution in [0.1, 0.15) is 0 Å². The van der Waals surface area contributed by atoms with Crippen LogP contribution in [0.5, 0.6) is 5.75 Å². The minimum Gasteiger partial charge on any atom is -0.422 e. The number of hydrogen-bond donors (Lipinski definition) is 0. The average Bonchev–Trinajstić information content (AvgIpc) is 2.53. The number of carbonyl (C=O) groups is 2. The van der Waals surface area contributed by atoms with Gasteiger partial charge in [0.1, 0.15) is 6.54 Å². The zero-order chi connectivity index (χ0) is 16.4. The van der Waals surface area contributed by atoms with E-state index < -0.39 is 11.8 Å². The van der Waals surface area contributed by atoms with Gasteiger partial charge >= 0.3 is 5.97 Å². The Kier molecular flexibility index (Phi) is 4.68. The van der Waals surface area contributed by atoms with Gasteiger partial charge in [0.05, 0.1) is 11.4 Å². The van der Waals surface area contributed by atoms with Gasteiger partial charge in [-0.3, -0.25) is 9.69 Å². The first-order chi connectivity index (χ1) is 11.0. The van der Waals surface area contributed by atoms with E-state index >= 15 is 0 Å². The maximum Gasteiger partial charge on any atom is 0.331 e. The van der Waals surface area contributed by atoms with Crippen molar-refractivity contribution in [1.82, 2.24) is 0 Å². The molecule has 118 valence electrons. The van der Waals surface area contributed by atoms with Gasteiger partial charge in [-0.05, 0) is 30.3 Å². The van der Waals surface area contributed by atoms with E-state index in [4.69, 9.17) is 4.74 Å². The van der Waals surface area contributed by atoms with Crippen molar-refractivity contribution >= 4 is 45.3 Å². The summed E-state index contributed by atoms with van der Waals surface area (Å²) in [4.78, 5) is 26.4. The van der Waals surface area contributed by atoms with Gasteiger partial charge < -0.3 is 4.74 Å². The molecule has 0 saturated heterocycles. The molecule has 23 heavy (non-hydrogen) atoms. The van der Waals surface area contributed by atoms with Crippen molar-refractivity contribution in [3.63, 3.8) is 0 Å². The fraction of sp³-hybridized carbons (Fsp3) is 0.125. The summed E-state index contributed by atoms with van der Waals surface area (Å²) in [7, 11) is 0. The summed E-state index contributed by atoms with van der Waals surface area (Å²) in [6.45, 7) is -0.258. The number of anilines is 1. The van der Waals surface area contributed by atoms with Gasteiger partial charge in [0.15, 0.2) is 11.6 Å². The second-order valence-electron chi connectivity index (χ2n) is 4.79. The van der Waals surface area contributed by atoms with Gasteiger partial charge in [-0.2, -0.15) is 0 Å². The second kappa shape index (κ2) is 6.72. The molecule has 1 heterocycles. The van der Waals surface area contributed by atoms with Gasteiger partial charge in [0.25, 0.3) is 0 Å². The normalized spacial score (nSPS) is 13.7. The molecular formula is C16H11BrFNO3S. The van der Waals surface area contributed by atoms with Crippen LogP contribution in [0.2, 0.25) is 0 Å². The van der Waals surface area contributed by atoms with Crippen LogP contribution in [0.15, 0.2) is 51.8 Å². The number of halogens is 2. The summed E-state index contributed by atoms with van der Waals surface area (Å²) < 4.78 is 19.3. The highest BCUT2D eigenvalue weighted by Crippen LogP contribution is 2.34. The molecule has 0 N–H and O–H groups in total. The smallest absolute Gasteiger partial charge is 0.331 e. The van der Waals surface area contributed by atoms with E-state index in [2.05, 4.69) is 15.9 Å². The van der Waals surface area contributed by atoms with Crippen LogP contribution in [-0.2, 0) is 9.59 Å². The zero-order valence-corrected chi connectivity index (χ0v) is 14.2. The highest BCUT2D eigenvalue weighted by atomic mass is 79.9. The van der Waals surface area contributed by atoms with Gasteiger partial charge in [-0.25, -0.2) is 9.18 Å². The Hall–Kier alpha value is -1.86. The van der Waals surface area contributed by atoms with Crippen molar-refractivity contribution in [2.24, 2.45) is 0 Å². The van der Waals surface area contributed by atoms with Gasteiger partial charge in [-0.15, -0.1) is 11.8 Å². The lowest BCUT2D eigenvalue weighted by atomic mass is 10.2. The van der Waals surface area contributed by atoms with E-state index in [-0.39, 0.29) is 24.0 Å². The fourth-order valence-corrected chi connectivity index (χ4v) is 3.44. The number of esters is 1. The molecule has 4 nitrogen and oxygen atoms in total. The third-order valence-corrected chi connectivity index (χ3v) is 4.75. The van der Waals surface area contributed by atoms with E-state index in [1.165, 1.54) is 28.8 Å². The summed E-state index contributed by atoms with van der Waals surface area (Å²) in [5, 5.41) is 0. The third kappa shape index (κ3) is 3.56. The SMILES string of the molecule is O=C(CN1C(=O)CSc2ccccc21)Oc1ccc(Br)cc1F. The molecule has 0 saturated carbocycles. The van der Waals surface area contributed by atoms with Crippen molar-refractivity contribution in [2.45, 2.75) is 4.90 Å². The average molecular weight is 396 g/mol. The predicted molar refractivity (Wildman–Crippen MR) is 89.3 cm³/mol. The molecule has 0 radical (unpaired) electrons. The second-order valence-corrected chi connectivity index (χ2v) is 6.72. The van der Waals surface area contributed by atoms with Crippen molar-refractivity contribution in [2.75, 3.05) is 17.2 Å². The molecule has 1 amide bonds. The first kappa shape index (κ1) is 16.0. The minimum absolute atomic E-state index is 0.162. The van der Waals surface area contributed by atoms with Crippen LogP contribution in [0.4, 0.5) is 10.1 Å². The van der Waals surface area contributed by atoms with Crippen LogP contribution in [0, 0.1) is 5.82 Å². The van der Waals surface area contributed by atoms with E-state index in [1.54, 1.807) is 18.2 Å². The Labute approximate surface area is 144 Å². The molecule has 0 aliphatic carbocycles. The number of carbonyl (C=O) groups excluding carboxylic acids is 2. The van der Waals surface area contributed by atoms with E-state index in [0.717, 1.165) is 4.90 Å². The first-order valence-electron chi connectivity index (χ1n) is 6.72.